The van der Waals surface area contributed by atoms with Crippen molar-refractivity contribution in [3.05, 3.63) is 47.0 Å². The number of carbonyl (C=O) groups excluding carboxylic acids is 1. The Kier molecular flexibility index (Phi) is 17.9. The zero-order valence-electron chi connectivity index (χ0n) is 21.8. The number of allylic oxidation sites excluding steroid dienone is 2. The van der Waals surface area contributed by atoms with E-state index in [9.17, 15) is 14.7 Å². The van der Waals surface area contributed by atoms with Crippen molar-refractivity contribution in [2.75, 3.05) is 6.61 Å². The molecule has 0 bridgehead atoms. The highest BCUT2D eigenvalue weighted by atomic mass is 16.5. The van der Waals surface area contributed by atoms with Crippen LogP contribution in [-0.2, 0) is 11.2 Å². The van der Waals surface area contributed by atoms with E-state index >= 15 is 0 Å². The maximum Gasteiger partial charge on any atom is 0.339 e. The van der Waals surface area contributed by atoms with Crippen molar-refractivity contribution < 1.29 is 19.4 Å². The lowest BCUT2D eigenvalue weighted by molar-refractivity contribution is 0.0487. The average Bonchev–Trinajstić information content (AvgIpc) is 2.86. The van der Waals surface area contributed by atoms with Crippen molar-refractivity contribution >= 4 is 11.9 Å². The topological polar surface area (TPSA) is 63.6 Å². The van der Waals surface area contributed by atoms with Crippen LogP contribution in [0.25, 0.3) is 0 Å². The van der Waals surface area contributed by atoms with E-state index in [1.807, 2.05) is 6.07 Å². The first-order valence-corrected chi connectivity index (χ1v) is 13.8. The second-order valence-corrected chi connectivity index (χ2v) is 9.36. The number of aromatic carboxylic acids is 1. The number of hydrogen-bond acceptors (Lipinski definition) is 3. The number of carbonyl (C=O) groups is 2. The summed E-state index contributed by atoms with van der Waals surface area (Å²) in [5.74, 6) is -1.60. The Balaban J connectivity index is 0.000000830. The highest BCUT2D eigenvalue weighted by Crippen LogP contribution is 2.17. The van der Waals surface area contributed by atoms with Crippen LogP contribution in [0, 0.1) is 0 Å². The van der Waals surface area contributed by atoms with E-state index in [0.717, 1.165) is 44.1 Å². The van der Waals surface area contributed by atoms with Crippen molar-refractivity contribution in [2.45, 2.75) is 123 Å². The molecular formula is C30H48O4. The number of ether oxygens (including phenoxy) is 1. The predicted octanol–water partition coefficient (Wildman–Crippen LogP) is 8.92. The van der Waals surface area contributed by atoms with Gasteiger partial charge in [-0.15, -0.1) is 0 Å². The number of esters is 1. The summed E-state index contributed by atoms with van der Waals surface area (Å²) < 4.78 is 5.30. The quantitative estimate of drug-likeness (QED) is 0.148. The first kappa shape index (κ1) is 29.9. The van der Waals surface area contributed by atoms with Gasteiger partial charge in [-0.25, -0.2) is 9.59 Å². The molecule has 1 aliphatic carbocycles. The highest BCUT2D eigenvalue weighted by molar-refractivity contribution is 6.02. The summed E-state index contributed by atoms with van der Waals surface area (Å²) in [6.07, 6.45) is 24.7. The number of carboxylic acids is 1. The third-order valence-corrected chi connectivity index (χ3v) is 6.24. The number of rotatable bonds is 16. The molecule has 0 amide bonds. The molecule has 1 aromatic carbocycles. The van der Waals surface area contributed by atoms with E-state index in [1.165, 1.54) is 70.6 Å². The van der Waals surface area contributed by atoms with Crippen LogP contribution in [0.1, 0.15) is 143 Å². The number of unbranched alkanes of at least 4 members (excludes halogenated alkanes) is 10. The van der Waals surface area contributed by atoms with Gasteiger partial charge in [0.1, 0.15) is 0 Å². The molecule has 0 aromatic heterocycles. The number of carboxylic acid groups (broad SMARTS) is 1. The molecule has 192 valence electrons. The Hall–Kier alpha value is -2.10. The minimum Gasteiger partial charge on any atom is -0.478 e. The maximum atomic E-state index is 12.3. The molecule has 4 nitrogen and oxygen atoms in total. The van der Waals surface area contributed by atoms with E-state index in [0.29, 0.717) is 6.61 Å². The second kappa shape index (κ2) is 20.3. The maximum absolute atomic E-state index is 12.3. The van der Waals surface area contributed by atoms with Crippen molar-refractivity contribution in [3.8, 4) is 0 Å². The molecule has 0 spiro atoms. The minimum atomic E-state index is -1.07. The predicted molar refractivity (Wildman–Crippen MR) is 142 cm³/mol. The fourth-order valence-corrected chi connectivity index (χ4v) is 4.10. The summed E-state index contributed by atoms with van der Waals surface area (Å²) in [6, 6.07) is 5.11. The van der Waals surface area contributed by atoms with Gasteiger partial charge >= 0.3 is 11.9 Å². The first-order chi connectivity index (χ1) is 16.6. The largest absolute Gasteiger partial charge is 0.478 e. The molecule has 1 aromatic rings. The summed E-state index contributed by atoms with van der Waals surface area (Å²) in [5.41, 5.74) is 1.18. The fraction of sp³-hybridized carbons (Fsp3) is 0.667. The van der Waals surface area contributed by atoms with E-state index in [-0.39, 0.29) is 11.1 Å². The molecule has 2 rings (SSSR count). The molecule has 0 saturated carbocycles. The van der Waals surface area contributed by atoms with Gasteiger partial charge in [0.2, 0.25) is 0 Å². The summed E-state index contributed by atoms with van der Waals surface area (Å²) in [4.78, 5) is 23.9. The van der Waals surface area contributed by atoms with E-state index in [1.54, 1.807) is 12.1 Å². The zero-order chi connectivity index (χ0) is 24.9. The van der Waals surface area contributed by atoms with Crippen LogP contribution in [0.4, 0.5) is 0 Å². The van der Waals surface area contributed by atoms with Crippen LogP contribution < -0.4 is 0 Å². The Morgan fingerprint density at radius 3 is 1.85 bits per heavy atom. The van der Waals surface area contributed by atoms with Gasteiger partial charge in [0.05, 0.1) is 17.7 Å². The van der Waals surface area contributed by atoms with Crippen LogP contribution in [-0.4, -0.2) is 23.7 Å². The van der Waals surface area contributed by atoms with Gasteiger partial charge in [0.25, 0.3) is 0 Å². The fourth-order valence-electron chi connectivity index (χ4n) is 4.10. The zero-order valence-corrected chi connectivity index (χ0v) is 21.8. The van der Waals surface area contributed by atoms with Crippen LogP contribution >= 0.6 is 0 Å². The summed E-state index contributed by atoms with van der Waals surface area (Å²) in [5, 5.41) is 9.49. The molecule has 0 fully saturated rings. The van der Waals surface area contributed by atoms with Crippen molar-refractivity contribution in [2.24, 2.45) is 0 Å². The van der Waals surface area contributed by atoms with Crippen LogP contribution in [0.2, 0.25) is 0 Å². The van der Waals surface area contributed by atoms with Gasteiger partial charge in [-0.3, -0.25) is 0 Å². The molecule has 0 unspecified atom stereocenters. The number of hydrogen-bond donors (Lipinski definition) is 1. The standard InChI is InChI=1S/C24H38O4.C6H10/c1-3-5-7-9-11-13-15-20-16-17-21(22(19-20)23(25)26)24(27)28-18-14-12-10-8-6-4-2;1-2-4-6-5-3-1/h16-17,19H,3-15,18H2,1-2H3,(H,25,26);1-2H,3-6H2. The lowest BCUT2D eigenvalue weighted by atomic mass is 9.99. The van der Waals surface area contributed by atoms with Gasteiger partial charge < -0.3 is 9.84 Å². The van der Waals surface area contributed by atoms with Crippen LogP contribution in [0.3, 0.4) is 0 Å². The van der Waals surface area contributed by atoms with E-state index in [4.69, 9.17) is 4.74 Å². The Bertz CT molecular complexity index is 700. The smallest absolute Gasteiger partial charge is 0.339 e. The van der Waals surface area contributed by atoms with Crippen LogP contribution in [0.15, 0.2) is 30.4 Å². The normalized spacial score (nSPS) is 12.6. The summed E-state index contributed by atoms with van der Waals surface area (Å²) >= 11 is 0. The summed E-state index contributed by atoms with van der Waals surface area (Å²) in [7, 11) is 0. The lowest BCUT2D eigenvalue weighted by Crippen LogP contribution is -2.13. The molecule has 1 N–H and O–H groups in total. The highest BCUT2D eigenvalue weighted by Gasteiger charge is 2.18. The van der Waals surface area contributed by atoms with E-state index in [2.05, 4.69) is 26.0 Å². The van der Waals surface area contributed by atoms with Gasteiger partial charge in [0.15, 0.2) is 0 Å². The average molecular weight is 473 g/mol. The third-order valence-electron chi connectivity index (χ3n) is 6.24. The summed E-state index contributed by atoms with van der Waals surface area (Å²) in [6.45, 7) is 4.73. The number of benzene rings is 1. The molecule has 0 atom stereocenters. The molecule has 0 saturated heterocycles. The Morgan fingerprint density at radius 2 is 1.32 bits per heavy atom. The molecule has 0 heterocycles. The first-order valence-electron chi connectivity index (χ1n) is 13.8. The molecule has 4 heteroatoms. The van der Waals surface area contributed by atoms with Gasteiger partial charge in [-0.05, 0) is 62.6 Å². The van der Waals surface area contributed by atoms with Gasteiger partial charge in [-0.2, -0.15) is 0 Å². The number of aryl methyl sites for hydroxylation is 1. The molecule has 1 aliphatic rings. The molecule has 0 radical (unpaired) electrons. The minimum absolute atomic E-state index is 0.0522. The Morgan fingerprint density at radius 1 is 0.765 bits per heavy atom. The third kappa shape index (κ3) is 14.2. The molecule has 0 aliphatic heterocycles. The van der Waals surface area contributed by atoms with Crippen molar-refractivity contribution in [1.82, 2.24) is 0 Å². The van der Waals surface area contributed by atoms with Gasteiger partial charge in [0, 0.05) is 0 Å². The van der Waals surface area contributed by atoms with Crippen molar-refractivity contribution in [3.63, 3.8) is 0 Å². The Labute approximate surface area is 208 Å². The second-order valence-electron chi connectivity index (χ2n) is 9.36. The lowest BCUT2D eigenvalue weighted by Gasteiger charge is -2.10. The van der Waals surface area contributed by atoms with E-state index < -0.39 is 11.9 Å². The van der Waals surface area contributed by atoms with Crippen LogP contribution in [0.5, 0.6) is 0 Å². The SMILES string of the molecule is C1=CCCCC1.CCCCCCCCOC(=O)c1ccc(CCCCCCCC)cc1C(=O)O. The molecule has 34 heavy (non-hydrogen) atoms. The molecular weight excluding hydrogens is 424 g/mol. The van der Waals surface area contributed by atoms with Gasteiger partial charge in [-0.1, -0.05) is 96.3 Å². The van der Waals surface area contributed by atoms with Crippen molar-refractivity contribution in [1.29, 1.82) is 0 Å². The monoisotopic (exact) mass is 472 g/mol.